The lowest BCUT2D eigenvalue weighted by Gasteiger charge is -2.23. The first-order valence-electron chi connectivity index (χ1n) is 8.15. The van der Waals surface area contributed by atoms with Crippen molar-refractivity contribution in [3.63, 3.8) is 0 Å². The number of carbonyl (C=O) groups is 1. The summed E-state index contributed by atoms with van der Waals surface area (Å²) in [5.41, 5.74) is 2.69. The Morgan fingerprint density at radius 2 is 2.00 bits per heavy atom. The van der Waals surface area contributed by atoms with E-state index in [1.54, 1.807) is 7.05 Å². The molecule has 0 N–H and O–H groups in total. The van der Waals surface area contributed by atoms with E-state index in [0.29, 0.717) is 12.2 Å². The molecule has 1 fully saturated rings. The molecule has 0 radical (unpaired) electrons. The van der Waals surface area contributed by atoms with E-state index in [4.69, 9.17) is 4.74 Å². The van der Waals surface area contributed by atoms with Gasteiger partial charge in [-0.3, -0.25) is 4.79 Å². The van der Waals surface area contributed by atoms with E-state index in [9.17, 15) is 13.2 Å². The van der Waals surface area contributed by atoms with Crippen molar-refractivity contribution in [3.05, 3.63) is 29.3 Å². The molecule has 1 aliphatic heterocycles. The minimum absolute atomic E-state index is 0.0498. The number of aryl methyl sites for hydroxylation is 2. The second kappa shape index (κ2) is 6.51. The van der Waals surface area contributed by atoms with E-state index in [1.807, 2.05) is 12.1 Å². The van der Waals surface area contributed by atoms with Gasteiger partial charge in [0.2, 0.25) is 0 Å². The van der Waals surface area contributed by atoms with Crippen LogP contribution in [0.15, 0.2) is 18.2 Å². The second-order valence-corrected chi connectivity index (χ2v) is 8.72. The molecule has 3 rings (SSSR count). The highest BCUT2D eigenvalue weighted by atomic mass is 32.2. The molecular formula is C17H23NO4S. The molecule has 1 saturated heterocycles. The lowest BCUT2D eigenvalue weighted by atomic mass is 9.92. The van der Waals surface area contributed by atoms with Crippen LogP contribution in [0, 0.1) is 0 Å². The predicted molar refractivity (Wildman–Crippen MR) is 88.4 cm³/mol. The molecule has 5 nitrogen and oxygen atoms in total. The number of rotatable bonds is 4. The zero-order valence-corrected chi connectivity index (χ0v) is 14.3. The van der Waals surface area contributed by atoms with Gasteiger partial charge in [-0.15, -0.1) is 0 Å². The highest BCUT2D eigenvalue weighted by Gasteiger charge is 2.32. The van der Waals surface area contributed by atoms with Crippen molar-refractivity contribution in [2.24, 2.45) is 0 Å². The summed E-state index contributed by atoms with van der Waals surface area (Å²) in [5.74, 6) is 0.769. The average Bonchev–Trinajstić information content (AvgIpc) is 2.91. The minimum Gasteiger partial charge on any atom is -0.484 e. The van der Waals surface area contributed by atoms with Crippen molar-refractivity contribution >= 4 is 15.7 Å². The third-order valence-corrected chi connectivity index (χ3v) is 6.58. The first-order chi connectivity index (χ1) is 10.9. The largest absolute Gasteiger partial charge is 0.484 e. The van der Waals surface area contributed by atoms with Gasteiger partial charge in [0.15, 0.2) is 16.4 Å². The van der Waals surface area contributed by atoms with Gasteiger partial charge in [0.1, 0.15) is 5.75 Å². The molecule has 23 heavy (non-hydrogen) atoms. The Balaban J connectivity index is 1.56. The number of hydrogen-bond acceptors (Lipinski definition) is 4. The maximum Gasteiger partial charge on any atom is 0.260 e. The molecule has 0 aromatic heterocycles. The Bertz CT molecular complexity index is 699. The molecule has 1 aromatic rings. The third-order valence-electron chi connectivity index (χ3n) is 4.83. The van der Waals surface area contributed by atoms with Gasteiger partial charge in [-0.1, -0.05) is 6.07 Å². The third kappa shape index (κ3) is 3.86. The van der Waals surface area contributed by atoms with E-state index in [0.717, 1.165) is 12.8 Å². The highest BCUT2D eigenvalue weighted by Crippen LogP contribution is 2.25. The van der Waals surface area contributed by atoms with E-state index in [2.05, 4.69) is 6.07 Å². The standard InChI is InChI=1S/C17H23NO4S/c1-18(15-8-9-23(20,21)12-15)17(19)11-22-16-7-6-13-4-2-3-5-14(13)10-16/h6-7,10,15H,2-5,8-9,11-12H2,1H3. The number of sulfone groups is 1. The summed E-state index contributed by atoms with van der Waals surface area (Å²) in [7, 11) is -1.33. The van der Waals surface area contributed by atoms with Crippen LogP contribution in [0.2, 0.25) is 0 Å². The summed E-state index contributed by atoms with van der Waals surface area (Å²) in [5, 5.41) is 0. The zero-order chi connectivity index (χ0) is 16.4. The van der Waals surface area contributed by atoms with Crippen molar-refractivity contribution in [1.29, 1.82) is 0 Å². The van der Waals surface area contributed by atoms with Gasteiger partial charge in [-0.25, -0.2) is 8.42 Å². The maximum atomic E-state index is 12.2. The molecule has 1 unspecified atom stereocenters. The molecule has 1 heterocycles. The van der Waals surface area contributed by atoms with Crippen LogP contribution in [0.25, 0.3) is 0 Å². The number of amides is 1. The number of hydrogen-bond donors (Lipinski definition) is 0. The average molecular weight is 337 g/mol. The van der Waals surface area contributed by atoms with Crippen molar-refractivity contribution in [2.45, 2.75) is 38.1 Å². The normalized spacial score (nSPS) is 22.4. The second-order valence-electron chi connectivity index (χ2n) is 6.49. The number of fused-ring (bicyclic) bond motifs is 1. The van der Waals surface area contributed by atoms with Crippen LogP contribution in [-0.2, 0) is 27.5 Å². The topological polar surface area (TPSA) is 63.7 Å². The van der Waals surface area contributed by atoms with Crippen LogP contribution >= 0.6 is 0 Å². The van der Waals surface area contributed by atoms with Gasteiger partial charge < -0.3 is 9.64 Å². The highest BCUT2D eigenvalue weighted by molar-refractivity contribution is 7.91. The Kier molecular flexibility index (Phi) is 4.62. The summed E-state index contributed by atoms with van der Waals surface area (Å²) >= 11 is 0. The Morgan fingerprint density at radius 3 is 2.70 bits per heavy atom. The number of likely N-dealkylation sites (N-methyl/N-ethyl adjacent to an activating group) is 1. The van der Waals surface area contributed by atoms with Gasteiger partial charge >= 0.3 is 0 Å². The van der Waals surface area contributed by atoms with Gasteiger partial charge in [0, 0.05) is 13.1 Å². The summed E-state index contributed by atoms with van der Waals surface area (Å²) in [6.45, 7) is -0.0498. The molecule has 1 aromatic carbocycles. The van der Waals surface area contributed by atoms with Crippen LogP contribution in [0.5, 0.6) is 5.75 Å². The van der Waals surface area contributed by atoms with Gasteiger partial charge in [0.25, 0.3) is 5.91 Å². The van der Waals surface area contributed by atoms with E-state index in [1.165, 1.54) is 28.9 Å². The van der Waals surface area contributed by atoms with Gasteiger partial charge in [-0.2, -0.15) is 0 Å². The molecule has 1 amide bonds. The van der Waals surface area contributed by atoms with Crippen LogP contribution in [0.1, 0.15) is 30.4 Å². The zero-order valence-electron chi connectivity index (χ0n) is 13.5. The molecule has 0 spiro atoms. The molecule has 1 aliphatic carbocycles. The molecular weight excluding hydrogens is 314 g/mol. The lowest BCUT2D eigenvalue weighted by molar-refractivity contribution is -0.133. The Labute approximate surface area is 137 Å². The molecule has 0 bridgehead atoms. The van der Waals surface area contributed by atoms with Crippen LogP contribution in [0.3, 0.4) is 0 Å². The molecule has 6 heteroatoms. The van der Waals surface area contributed by atoms with Crippen molar-refractivity contribution < 1.29 is 17.9 Å². The first-order valence-corrected chi connectivity index (χ1v) is 9.97. The van der Waals surface area contributed by atoms with Gasteiger partial charge in [0.05, 0.1) is 11.5 Å². The van der Waals surface area contributed by atoms with E-state index in [-0.39, 0.29) is 30.1 Å². The van der Waals surface area contributed by atoms with Gasteiger partial charge in [-0.05, 0) is 55.4 Å². The van der Waals surface area contributed by atoms with Crippen LogP contribution in [-0.4, -0.2) is 50.4 Å². The molecule has 2 aliphatic rings. The first kappa shape index (κ1) is 16.3. The summed E-state index contributed by atoms with van der Waals surface area (Å²) in [6, 6.07) is 5.81. The molecule has 0 saturated carbocycles. The van der Waals surface area contributed by atoms with E-state index < -0.39 is 9.84 Å². The summed E-state index contributed by atoms with van der Waals surface area (Å²) < 4.78 is 28.7. The number of ether oxygens (including phenoxy) is 1. The Hall–Kier alpha value is -1.56. The maximum absolute atomic E-state index is 12.2. The molecule has 1 atom stereocenters. The van der Waals surface area contributed by atoms with Crippen LogP contribution < -0.4 is 4.74 Å². The predicted octanol–water partition coefficient (Wildman–Crippen LogP) is 1.59. The fourth-order valence-electron chi connectivity index (χ4n) is 3.33. The fraction of sp³-hybridized carbons (Fsp3) is 0.588. The van der Waals surface area contributed by atoms with E-state index >= 15 is 0 Å². The monoisotopic (exact) mass is 337 g/mol. The lowest BCUT2D eigenvalue weighted by Crippen LogP contribution is -2.40. The SMILES string of the molecule is CN(C(=O)COc1ccc2c(c1)CCCC2)C1CCS(=O)(=O)C1. The molecule has 126 valence electrons. The minimum atomic E-state index is -2.99. The number of benzene rings is 1. The van der Waals surface area contributed by atoms with Crippen LogP contribution in [0.4, 0.5) is 0 Å². The quantitative estimate of drug-likeness (QED) is 0.837. The van der Waals surface area contributed by atoms with Crippen molar-refractivity contribution in [3.8, 4) is 5.75 Å². The fourth-order valence-corrected chi connectivity index (χ4v) is 5.11. The Morgan fingerprint density at radius 1 is 1.26 bits per heavy atom. The summed E-state index contributed by atoms with van der Waals surface area (Å²) in [6.07, 6.45) is 5.15. The van der Waals surface area contributed by atoms with Crippen molar-refractivity contribution in [1.82, 2.24) is 4.90 Å². The summed E-state index contributed by atoms with van der Waals surface area (Å²) in [4.78, 5) is 13.7. The number of carbonyl (C=O) groups excluding carboxylic acids is 1. The smallest absolute Gasteiger partial charge is 0.260 e. The number of nitrogens with zero attached hydrogens (tertiary/aromatic N) is 1. The van der Waals surface area contributed by atoms with Crippen molar-refractivity contribution in [2.75, 3.05) is 25.2 Å².